The Balaban J connectivity index is 1.70. The molecule has 1 N–H and O–H groups in total. The molecule has 0 saturated carbocycles. The molecule has 170 valence electrons. The molecule has 0 radical (unpaired) electrons. The van der Waals surface area contributed by atoms with Crippen LogP contribution in [0.15, 0.2) is 28.0 Å². The molecule has 1 amide bonds. The average molecular weight is 473 g/mol. The third-order valence-corrected chi connectivity index (χ3v) is 7.04. The van der Waals surface area contributed by atoms with Crippen molar-refractivity contribution in [1.82, 2.24) is 14.3 Å². The zero-order chi connectivity index (χ0) is 22.7. The summed E-state index contributed by atoms with van der Waals surface area (Å²) in [5.41, 5.74) is 1.65. The molecule has 2 saturated heterocycles. The van der Waals surface area contributed by atoms with E-state index in [-0.39, 0.29) is 17.6 Å². The molecule has 4 heterocycles. The highest BCUT2D eigenvalue weighted by Crippen LogP contribution is 2.33. The largest absolute Gasteiger partial charge is 0.376 e. The average Bonchev–Trinajstić information content (AvgIpc) is 3.38. The van der Waals surface area contributed by atoms with Crippen LogP contribution in [0, 0.1) is 6.92 Å². The Morgan fingerprint density at radius 1 is 1.34 bits per heavy atom. The van der Waals surface area contributed by atoms with Crippen LogP contribution in [0.2, 0.25) is 0 Å². The molecule has 0 aromatic carbocycles. The molecule has 32 heavy (non-hydrogen) atoms. The first kappa shape index (κ1) is 22.9. The molecule has 2 aromatic heterocycles. The quantitative estimate of drug-likeness (QED) is 0.354. The smallest absolute Gasteiger partial charge is 0.267 e. The molecule has 0 bridgehead atoms. The Kier molecular flexibility index (Phi) is 7.27. The normalized spacial score (nSPS) is 20.1. The van der Waals surface area contributed by atoms with E-state index >= 15 is 0 Å². The van der Waals surface area contributed by atoms with E-state index < -0.39 is 0 Å². The summed E-state index contributed by atoms with van der Waals surface area (Å²) in [6.07, 6.45) is 8.54. The van der Waals surface area contributed by atoms with Crippen LogP contribution in [0.25, 0.3) is 11.7 Å². The maximum absolute atomic E-state index is 13.4. The van der Waals surface area contributed by atoms with Crippen molar-refractivity contribution in [3.63, 3.8) is 0 Å². The van der Waals surface area contributed by atoms with Crippen molar-refractivity contribution in [2.75, 3.05) is 25.0 Å². The summed E-state index contributed by atoms with van der Waals surface area (Å²) in [4.78, 5) is 33.2. The first-order valence-electron chi connectivity index (χ1n) is 11.1. The Hall–Kier alpha value is -2.23. The molecule has 9 heteroatoms. The minimum atomic E-state index is -0.218. The number of carbonyl (C=O) groups is 1. The number of hydrogen-bond donors (Lipinski definition) is 1. The van der Waals surface area contributed by atoms with Gasteiger partial charge in [0.1, 0.15) is 15.8 Å². The van der Waals surface area contributed by atoms with E-state index in [1.54, 1.807) is 17.2 Å². The summed E-state index contributed by atoms with van der Waals surface area (Å²) in [5.74, 6) is 0.320. The van der Waals surface area contributed by atoms with Gasteiger partial charge in [0.2, 0.25) is 0 Å². The van der Waals surface area contributed by atoms with Gasteiger partial charge in [0.05, 0.1) is 16.6 Å². The van der Waals surface area contributed by atoms with Gasteiger partial charge < -0.3 is 10.1 Å². The van der Waals surface area contributed by atoms with E-state index in [1.807, 2.05) is 19.1 Å². The summed E-state index contributed by atoms with van der Waals surface area (Å²) < 4.78 is 7.77. The minimum Gasteiger partial charge on any atom is -0.376 e. The van der Waals surface area contributed by atoms with Crippen LogP contribution >= 0.6 is 24.0 Å². The lowest BCUT2D eigenvalue weighted by Crippen LogP contribution is -2.29. The van der Waals surface area contributed by atoms with Crippen LogP contribution in [0.5, 0.6) is 0 Å². The SMILES string of the molecule is CCCCCN1C(=O)C(=Cc2c(NCC3CCCO3)nc3ccc(C)cn3c2=O)SC1=S. The molecule has 2 aromatic rings. The van der Waals surface area contributed by atoms with Crippen molar-refractivity contribution in [2.24, 2.45) is 0 Å². The number of fused-ring (bicyclic) bond motifs is 1. The molecule has 1 atom stereocenters. The summed E-state index contributed by atoms with van der Waals surface area (Å²) >= 11 is 6.68. The van der Waals surface area contributed by atoms with Crippen molar-refractivity contribution in [3.8, 4) is 0 Å². The zero-order valence-corrected chi connectivity index (χ0v) is 20.1. The number of ether oxygens (including phenoxy) is 1. The van der Waals surface area contributed by atoms with Crippen LogP contribution < -0.4 is 10.9 Å². The number of rotatable bonds is 8. The van der Waals surface area contributed by atoms with E-state index in [9.17, 15) is 9.59 Å². The van der Waals surface area contributed by atoms with Gasteiger partial charge in [-0.3, -0.25) is 18.9 Å². The molecule has 7 nitrogen and oxygen atoms in total. The molecule has 2 aliphatic rings. The van der Waals surface area contributed by atoms with Gasteiger partial charge >= 0.3 is 0 Å². The van der Waals surface area contributed by atoms with E-state index in [0.29, 0.717) is 39.3 Å². The van der Waals surface area contributed by atoms with E-state index in [2.05, 4.69) is 17.2 Å². The fourth-order valence-corrected chi connectivity index (χ4v) is 5.17. The number of nitrogens with zero attached hydrogens (tertiary/aromatic N) is 3. The van der Waals surface area contributed by atoms with Crippen LogP contribution in [0.3, 0.4) is 0 Å². The van der Waals surface area contributed by atoms with Gasteiger partial charge in [-0.05, 0) is 43.9 Å². The Morgan fingerprint density at radius 2 is 2.19 bits per heavy atom. The van der Waals surface area contributed by atoms with Crippen LogP contribution in [-0.4, -0.2) is 50.3 Å². The Morgan fingerprint density at radius 3 is 2.94 bits per heavy atom. The number of unbranched alkanes of at least 4 members (excludes halogenated alkanes) is 2. The zero-order valence-electron chi connectivity index (χ0n) is 18.4. The molecular formula is C23H28N4O3S2. The number of thiocarbonyl (C=S) groups is 1. The fraction of sp³-hybridized carbons (Fsp3) is 0.478. The van der Waals surface area contributed by atoms with Crippen molar-refractivity contribution in [1.29, 1.82) is 0 Å². The highest BCUT2D eigenvalue weighted by atomic mass is 32.2. The van der Waals surface area contributed by atoms with E-state index in [0.717, 1.165) is 44.3 Å². The number of thioether (sulfide) groups is 1. The van der Waals surface area contributed by atoms with E-state index in [4.69, 9.17) is 17.0 Å². The van der Waals surface area contributed by atoms with Crippen molar-refractivity contribution in [2.45, 2.75) is 52.1 Å². The molecule has 2 aliphatic heterocycles. The van der Waals surface area contributed by atoms with Gasteiger partial charge in [0, 0.05) is 25.9 Å². The molecule has 0 spiro atoms. The standard InChI is InChI=1S/C23H28N4O3S2/c1-3-4-5-10-26-22(29)18(32-23(26)31)12-17-20(24-13-16-7-6-11-30-16)25-19-9-8-15(2)14-27(19)21(17)28/h8-9,12,14,16,24H,3-7,10-11,13H2,1-2H3. The summed E-state index contributed by atoms with van der Waals surface area (Å²) in [6.45, 7) is 5.97. The van der Waals surface area contributed by atoms with Gasteiger partial charge in [-0.2, -0.15) is 0 Å². The molecule has 0 aliphatic carbocycles. The lowest BCUT2D eigenvalue weighted by Gasteiger charge is -2.15. The van der Waals surface area contributed by atoms with Crippen LogP contribution in [0.1, 0.15) is 50.2 Å². The van der Waals surface area contributed by atoms with E-state index in [1.165, 1.54) is 16.2 Å². The van der Waals surface area contributed by atoms with Gasteiger partial charge in [-0.15, -0.1) is 0 Å². The first-order chi connectivity index (χ1) is 15.5. The van der Waals surface area contributed by atoms with Gasteiger partial charge in [-0.1, -0.05) is 49.8 Å². The fourth-order valence-electron chi connectivity index (χ4n) is 3.88. The number of amides is 1. The molecular weight excluding hydrogens is 444 g/mol. The van der Waals surface area contributed by atoms with Gasteiger partial charge in [0.15, 0.2) is 0 Å². The second-order valence-electron chi connectivity index (χ2n) is 8.17. The Labute approximate surface area is 197 Å². The monoisotopic (exact) mass is 472 g/mol. The van der Waals surface area contributed by atoms with Crippen molar-refractivity contribution in [3.05, 3.63) is 44.7 Å². The highest BCUT2D eigenvalue weighted by Gasteiger charge is 2.32. The van der Waals surface area contributed by atoms with Crippen LogP contribution in [-0.2, 0) is 9.53 Å². The van der Waals surface area contributed by atoms with Crippen LogP contribution in [0.4, 0.5) is 5.82 Å². The lowest BCUT2D eigenvalue weighted by atomic mass is 10.2. The summed E-state index contributed by atoms with van der Waals surface area (Å²) in [6, 6.07) is 3.75. The maximum atomic E-state index is 13.4. The molecule has 1 unspecified atom stereocenters. The first-order valence-corrected chi connectivity index (χ1v) is 12.3. The van der Waals surface area contributed by atoms with Crippen molar-refractivity contribution >= 4 is 51.7 Å². The lowest BCUT2D eigenvalue weighted by molar-refractivity contribution is -0.122. The Bertz CT molecular complexity index is 1120. The number of pyridine rings is 1. The number of aryl methyl sites for hydroxylation is 1. The molecule has 2 fully saturated rings. The molecule has 4 rings (SSSR count). The number of anilines is 1. The summed E-state index contributed by atoms with van der Waals surface area (Å²) in [7, 11) is 0. The number of aromatic nitrogens is 2. The number of hydrogen-bond acceptors (Lipinski definition) is 7. The number of carbonyl (C=O) groups excluding carboxylic acids is 1. The summed E-state index contributed by atoms with van der Waals surface area (Å²) in [5, 5.41) is 3.29. The van der Waals surface area contributed by atoms with Gasteiger partial charge in [0.25, 0.3) is 11.5 Å². The maximum Gasteiger partial charge on any atom is 0.267 e. The van der Waals surface area contributed by atoms with Crippen molar-refractivity contribution < 1.29 is 9.53 Å². The second kappa shape index (κ2) is 10.1. The minimum absolute atomic E-state index is 0.0953. The third-order valence-electron chi connectivity index (χ3n) is 5.66. The topological polar surface area (TPSA) is 75.9 Å². The predicted octanol–water partition coefficient (Wildman–Crippen LogP) is 3.99. The third kappa shape index (κ3) is 4.89. The second-order valence-corrected chi connectivity index (χ2v) is 9.85. The van der Waals surface area contributed by atoms with Gasteiger partial charge in [-0.25, -0.2) is 4.98 Å². The number of nitrogens with one attached hydrogen (secondary N) is 1. The predicted molar refractivity (Wildman–Crippen MR) is 133 cm³/mol. The highest BCUT2D eigenvalue weighted by molar-refractivity contribution is 8.26.